The van der Waals surface area contributed by atoms with Crippen molar-refractivity contribution in [3.63, 3.8) is 0 Å². The fourth-order valence-electron chi connectivity index (χ4n) is 9.94. The van der Waals surface area contributed by atoms with Crippen LogP contribution in [0.15, 0.2) is 120 Å². The van der Waals surface area contributed by atoms with Crippen molar-refractivity contribution in [3.05, 3.63) is 132 Å². The maximum atomic E-state index is 14.9. The third-order valence-electron chi connectivity index (χ3n) is 12.7. The van der Waals surface area contributed by atoms with Gasteiger partial charge in [-0.05, 0) is 96.0 Å². The average molecular weight is 785 g/mol. The molecule has 2 saturated carbocycles. The van der Waals surface area contributed by atoms with E-state index in [-0.39, 0.29) is 61.8 Å². The number of aromatic hydroxyl groups is 1. The number of aliphatic hydroxyl groups is 2. The van der Waals surface area contributed by atoms with E-state index in [1.807, 2.05) is 59.5 Å². The van der Waals surface area contributed by atoms with Gasteiger partial charge in [0.25, 0.3) is 0 Å². The second kappa shape index (κ2) is 17.9. The molecule has 2 fully saturated rings. The molecular weight excluding hydrogens is 729 g/mol. The minimum absolute atomic E-state index is 0.0744. The molecule has 0 spiro atoms. The van der Waals surface area contributed by atoms with E-state index in [2.05, 4.69) is 43.0 Å². The number of phenolic OH excluding ortho intramolecular Hbond substituents is 1. The van der Waals surface area contributed by atoms with Gasteiger partial charge in [-0.3, -0.25) is 4.79 Å². The Bertz CT molecular complexity index is 2120. The summed E-state index contributed by atoms with van der Waals surface area (Å²) in [5.41, 5.74) is 4.67. The summed E-state index contributed by atoms with van der Waals surface area (Å²) in [5.74, 6) is -1.05. The van der Waals surface area contributed by atoms with Crippen LogP contribution in [0.25, 0.3) is 10.8 Å². The summed E-state index contributed by atoms with van der Waals surface area (Å²) < 4.78 is 14.5. The number of fused-ring (bicyclic) bond motifs is 3. The van der Waals surface area contributed by atoms with E-state index in [1.165, 1.54) is 0 Å². The monoisotopic (exact) mass is 784 g/mol. The number of phenols is 1. The van der Waals surface area contributed by atoms with Gasteiger partial charge >= 0.3 is 0 Å². The van der Waals surface area contributed by atoms with Crippen molar-refractivity contribution in [2.45, 2.75) is 88.7 Å². The number of nitrogens with zero attached hydrogens (tertiary/aromatic N) is 2. The third kappa shape index (κ3) is 8.05. The molecule has 0 saturated heterocycles. The zero-order valence-corrected chi connectivity index (χ0v) is 33.3. The highest BCUT2D eigenvalue weighted by atomic mass is 16.7. The van der Waals surface area contributed by atoms with Gasteiger partial charge in [-0.15, -0.1) is 6.58 Å². The first-order valence-electron chi connectivity index (χ1n) is 21.2. The Balaban J connectivity index is 1.33. The Kier molecular flexibility index (Phi) is 12.3. The van der Waals surface area contributed by atoms with E-state index in [9.17, 15) is 20.1 Å². The maximum absolute atomic E-state index is 14.9. The first kappa shape index (κ1) is 39.8. The number of hydrogen-bond donors (Lipinski definition) is 3. The molecule has 3 aliphatic carbocycles. The second-order valence-corrected chi connectivity index (χ2v) is 16.4. The molecule has 58 heavy (non-hydrogen) atoms. The molecule has 6 atom stereocenters. The van der Waals surface area contributed by atoms with Gasteiger partial charge in [0.15, 0.2) is 0 Å². The predicted molar refractivity (Wildman–Crippen MR) is 225 cm³/mol. The third-order valence-corrected chi connectivity index (χ3v) is 12.7. The molecule has 4 aromatic rings. The number of carbonyl (C=O) groups excluding carboxylic acids is 1. The summed E-state index contributed by atoms with van der Waals surface area (Å²) in [6.45, 7) is 5.11. The van der Waals surface area contributed by atoms with Crippen molar-refractivity contribution in [1.82, 2.24) is 4.90 Å². The minimum Gasteiger partial charge on any atom is -0.508 e. The van der Waals surface area contributed by atoms with Gasteiger partial charge in [0.1, 0.15) is 24.1 Å². The van der Waals surface area contributed by atoms with Gasteiger partial charge < -0.3 is 34.5 Å². The molecule has 304 valence electrons. The molecule has 0 bridgehead atoms. The summed E-state index contributed by atoms with van der Waals surface area (Å²) in [5, 5.41) is 38.0. The van der Waals surface area contributed by atoms with Gasteiger partial charge in [0, 0.05) is 43.6 Å². The van der Waals surface area contributed by atoms with Crippen molar-refractivity contribution in [3.8, 4) is 11.5 Å². The number of amides is 1. The molecule has 0 aromatic heterocycles. The summed E-state index contributed by atoms with van der Waals surface area (Å²) in [7, 11) is 0. The number of oxime groups is 1. The molecule has 4 aliphatic rings. The van der Waals surface area contributed by atoms with Crippen LogP contribution in [0.5, 0.6) is 11.5 Å². The molecule has 9 nitrogen and oxygen atoms in total. The van der Waals surface area contributed by atoms with E-state index < -0.39 is 17.7 Å². The summed E-state index contributed by atoms with van der Waals surface area (Å²) >= 11 is 0. The zero-order valence-electron chi connectivity index (χ0n) is 33.3. The number of unbranched alkanes of at least 4 members (excludes halogenated alkanes) is 2. The van der Waals surface area contributed by atoms with Crippen LogP contribution in [0.4, 0.5) is 0 Å². The Morgan fingerprint density at radius 2 is 1.69 bits per heavy atom. The van der Waals surface area contributed by atoms with E-state index in [0.717, 1.165) is 77.3 Å². The molecule has 1 aliphatic heterocycles. The standard InChI is InChI=1S/C49H56N2O7/c1-2-27-56-49-45(51(48(55)35-21-22-35)31-37-18-12-17-34-15-6-7-19-39(34)37)30-43(50-57-32-33-13-4-3-5-14-33)41-28-36(16-8-10-25-52)40(20-9-11-26-53)46(47(41)49)42-29-38(54)23-24-44(42)58-49/h2-7,12-15,17-19,23-24,28-29,35-36,40,45-47,52-54H,1,8-11,16,20-22,25-27,30-32H2. The Labute approximate surface area is 341 Å². The smallest absolute Gasteiger partial charge is 0.239 e. The normalized spacial score (nSPS) is 25.3. The Morgan fingerprint density at radius 3 is 2.47 bits per heavy atom. The van der Waals surface area contributed by atoms with Gasteiger partial charge in [0.2, 0.25) is 11.7 Å². The van der Waals surface area contributed by atoms with Gasteiger partial charge in [-0.25, -0.2) is 0 Å². The van der Waals surface area contributed by atoms with Gasteiger partial charge in [-0.2, -0.15) is 0 Å². The van der Waals surface area contributed by atoms with Crippen LogP contribution >= 0.6 is 0 Å². The number of aliphatic hydroxyl groups excluding tert-OH is 2. The largest absolute Gasteiger partial charge is 0.508 e. The molecular formula is C49H56N2O7. The topological polar surface area (TPSA) is 121 Å². The number of ether oxygens (including phenoxy) is 2. The highest BCUT2D eigenvalue weighted by molar-refractivity contribution is 6.03. The van der Waals surface area contributed by atoms with Crippen LogP contribution in [-0.4, -0.2) is 63.5 Å². The first-order valence-corrected chi connectivity index (χ1v) is 21.2. The predicted octanol–water partition coefficient (Wildman–Crippen LogP) is 8.82. The lowest BCUT2D eigenvalue weighted by Gasteiger charge is -2.60. The van der Waals surface area contributed by atoms with Crippen molar-refractivity contribution in [2.75, 3.05) is 19.8 Å². The van der Waals surface area contributed by atoms with Crippen LogP contribution in [-0.2, 0) is 27.5 Å². The summed E-state index contributed by atoms with van der Waals surface area (Å²) in [4.78, 5) is 23.2. The molecule has 1 heterocycles. The lowest BCUT2D eigenvalue weighted by atomic mass is 9.55. The van der Waals surface area contributed by atoms with E-state index >= 15 is 0 Å². The maximum Gasteiger partial charge on any atom is 0.239 e. The van der Waals surface area contributed by atoms with Gasteiger partial charge in [0.05, 0.1) is 18.2 Å². The van der Waals surface area contributed by atoms with E-state index in [4.69, 9.17) is 19.5 Å². The quantitative estimate of drug-likeness (QED) is 0.0524. The number of rotatable bonds is 18. The molecule has 3 N–H and O–H groups in total. The second-order valence-electron chi connectivity index (χ2n) is 16.4. The van der Waals surface area contributed by atoms with Crippen LogP contribution < -0.4 is 4.74 Å². The summed E-state index contributed by atoms with van der Waals surface area (Å²) in [6.07, 6.45) is 10.8. The van der Waals surface area contributed by atoms with Crippen LogP contribution in [0.1, 0.15) is 80.4 Å². The molecule has 4 aromatic carbocycles. The van der Waals surface area contributed by atoms with E-state index in [1.54, 1.807) is 12.1 Å². The Hall–Kier alpha value is -4.96. The summed E-state index contributed by atoms with van der Waals surface area (Å²) in [6, 6.07) is 29.2. The zero-order chi connectivity index (χ0) is 40.1. The highest BCUT2D eigenvalue weighted by Gasteiger charge is 2.66. The molecule has 0 radical (unpaired) electrons. The van der Waals surface area contributed by atoms with Crippen molar-refractivity contribution in [1.29, 1.82) is 0 Å². The molecule has 1 amide bonds. The van der Waals surface area contributed by atoms with Crippen LogP contribution in [0.3, 0.4) is 0 Å². The van der Waals surface area contributed by atoms with Crippen molar-refractivity contribution >= 4 is 22.4 Å². The molecule has 6 unspecified atom stereocenters. The lowest BCUT2D eigenvalue weighted by Crippen LogP contribution is -2.70. The van der Waals surface area contributed by atoms with Gasteiger partial charge in [-0.1, -0.05) is 103 Å². The SMILES string of the molecule is C=CCOC12Oc3ccc(O)cc3C3C(CCCCO)C(CCCCO)C=C(C(=NOCc4ccccc4)CC1N(Cc1cccc4ccccc14)C(=O)C1CC1)C32. The number of allylic oxidation sites excluding steroid dienone is 1. The fraction of sp³-hybridized carbons (Fsp3) is 0.429. The fourth-order valence-corrected chi connectivity index (χ4v) is 9.94. The Morgan fingerprint density at radius 1 is 0.931 bits per heavy atom. The van der Waals surface area contributed by atoms with Crippen LogP contribution in [0.2, 0.25) is 0 Å². The molecule has 9 heteroatoms. The number of benzene rings is 4. The van der Waals surface area contributed by atoms with Crippen molar-refractivity contribution in [2.24, 2.45) is 28.8 Å². The van der Waals surface area contributed by atoms with E-state index in [0.29, 0.717) is 31.6 Å². The molecule has 8 rings (SSSR count). The van der Waals surface area contributed by atoms with Crippen LogP contribution in [0, 0.1) is 23.7 Å². The first-order chi connectivity index (χ1) is 28.5. The van der Waals surface area contributed by atoms with Crippen molar-refractivity contribution < 1.29 is 34.4 Å². The minimum atomic E-state index is -1.35. The highest BCUT2D eigenvalue weighted by Crippen LogP contribution is 2.62. The number of hydrogen-bond acceptors (Lipinski definition) is 8. The lowest BCUT2D eigenvalue weighted by molar-refractivity contribution is -0.258. The average Bonchev–Trinajstić information content (AvgIpc) is 4.10. The number of carbonyl (C=O) groups is 1.